The third kappa shape index (κ3) is 3.93. The van der Waals surface area contributed by atoms with E-state index in [9.17, 15) is 4.79 Å². The van der Waals surface area contributed by atoms with Crippen LogP contribution in [0.4, 0.5) is 11.4 Å². The Balaban J connectivity index is 1.93. The van der Waals surface area contributed by atoms with E-state index >= 15 is 0 Å². The molecule has 0 saturated heterocycles. The third-order valence-electron chi connectivity index (χ3n) is 4.23. The Labute approximate surface area is 142 Å². The van der Waals surface area contributed by atoms with Crippen LogP contribution in [0, 0.1) is 0 Å². The van der Waals surface area contributed by atoms with Crippen molar-refractivity contribution in [3.63, 3.8) is 0 Å². The summed E-state index contributed by atoms with van der Waals surface area (Å²) in [6.45, 7) is 0. The zero-order chi connectivity index (χ0) is 16.9. The Hall–Kier alpha value is -2.81. The molecule has 0 heterocycles. The zero-order valence-corrected chi connectivity index (χ0v) is 13.7. The molecule has 122 valence electrons. The Bertz CT molecular complexity index is 751. The van der Waals surface area contributed by atoms with Gasteiger partial charge in [-0.15, -0.1) is 0 Å². The van der Waals surface area contributed by atoms with E-state index in [4.69, 9.17) is 11.5 Å². The van der Waals surface area contributed by atoms with Crippen LogP contribution in [0.25, 0.3) is 12.2 Å². The predicted molar refractivity (Wildman–Crippen MR) is 101 cm³/mol. The Morgan fingerprint density at radius 2 is 1.21 bits per heavy atom. The summed E-state index contributed by atoms with van der Waals surface area (Å²) < 4.78 is 0. The smallest absolute Gasteiger partial charge is 0.185 e. The lowest BCUT2D eigenvalue weighted by molar-refractivity contribution is -0.112. The van der Waals surface area contributed by atoms with Gasteiger partial charge in [-0.25, -0.2) is 0 Å². The molecule has 3 nitrogen and oxygen atoms in total. The minimum Gasteiger partial charge on any atom is -0.399 e. The average Bonchev–Trinajstić information content (AvgIpc) is 2.71. The normalized spacial score (nSPS) is 18.8. The van der Waals surface area contributed by atoms with Crippen LogP contribution >= 0.6 is 0 Å². The van der Waals surface area contributed by atoms with Gasteiger partial charge >= 0.3 is 0 Å². The lowest BCUT2D eigenvalue weighted by atomic mass is 9.98. The van der Waals surface area contributed by atoms with Gasteiger partial charge in [0.2, 0.25) is 0 Å². The first kappa shape index (κ1) is 16.1. The van der Waals surface area contributed by atoms with Gasteiger partial charge in [-0.1, -0.05) is 24.3 Å². The maximum Gasteiger partial charge on any atom is 0.185 e. The van der Waals surface area contributed by atoms with E-state index in [1.54, 1.807) is 0 Å². The lowest BCUT2D eigenvalue weighted by Crippen LogP contribution is -2.04. The highest BCUT2D eigenvalue weighted by Gasteiger charge is 2.18. The van der Waals surface area contributed by atoms with Crippen molar-refractivity contribution in [2.45, 2.75) is 25.7 Å². The molecule has 1 saturated carbocycles. The molecule has 0 aliphatic heterocycles. The van der Waals surface area contributed by atoms with Crippen molar-refractivity contribution in [1.82, 2.24) is 0 Å². The van der Waals surface area contributed by atoms with E-state index in [0.717, 1.165) is 48.0 Å². The molecule has 0 radical (unpaired) electrons. The number of nitrogens with two attached hydrogens (primary N) is 2. The van der Waals surface area contributed by atoms with E-state index in [0.29, 0.717) is 11.4 Å². The second-order valence-corrected chi connectivity index (χ2v) is 6.22. The monoisotopic (exact) mass is 318 g/mol. The molecule has 0 amide bonds. The van der Waals surface area contributed by atoms with Crippen LogP contribution in [0.3, 0.4) is 0 Å². The van der Waals surface area contributed by atoms with Gasteiger partial charge in [0, 0.05) is 22.5 Å². The van der Waals surface area contributed by atoms with Crippen LogP contribution in [-0.4, -0.2) is 5.78 Å². The van der Waals surface area contributed by atoms with E-state index in [1.165, 1.54) is 0 Å². The average molecular weight is 318 g/mol. The van der Waals surface area contributed by atoms with E-state index in [-0.39, 0.29) is 5.78 Å². The fourth-order valence-corrected chi connectivity index (χ4v) is 3.04. The number of Topliss-reactive ketones (excluding diaryl/α,β-unsaturated/α-hetero) is 1. The van der Waals surface area contributed by atoms with Crippen LogP contribution in [-0.2, 0) is 4.79 Å². The summed E-state index contributed by atoms with van der Waals surface area (Å²) in [5.74, 6) is 0.136. The first-order valence-corrected chi connectivity index (χ1v) is 8.29. The van der Waals surface area contributed by atoms with Gasteiger partial charge in [-0.2, -0.15) is 0 Å². The van der Waals surface area contributed by atoms with Gasteiger partial charge < -0.3 is 11.5 Å². The molecule has 0 bridgehead atoms. The quantitative estimate of drug-likeness (QED) is 0.488. The maximum atomic E-state index is 12.9. The Morgan fingerprint density at radius 1 is 0.750 bits per heavy atom. The highest BCUT2D eigenvalue weighted by atomic mass is 16.1. The second-order valence-electron chi connectivity index (χ2n) is 6.22. The molecular formula is C21H22N2O. The minimum absolute atomic E-state index is 0.136. The van der Waals surface area contributed by atoms with Gasteiger partial charge in [0.15, 0.2) is 5.78 Å². The van der Waals surface area contributed by atoms with Gasteiger partial charge in [0.25, 0.3) is 0 Å². The predicted octanol–water partition coefficient (Wildman–Crippen LogP) is 4.46. The number of anilines is 2. The summed E-state index contributed by atoms with van der Waals surface area (Å²) in [5.41, 5.74) is 16.8. The van der Waals surface area contributed by atoms with Crippen molar-refractivity contribution in [3.8, 4) is 0 Å². The van der Waals surface area contributed by atoms with Crippen LogP contribution in [0.15, 0.2) is 59.7 Å². The number of carbonyl (C=O) groups excluding carboxylic acids is 1. The molecule has 1 fully saturated rings. The van der Waals surface area contributed by atoms with Crippen molar-refractivity contribution in [2.75, 3.05) is 11.5 Å². The largest absolute Gasteiger partial charge is 0.399 e. The molecule has 2 aromatic carbocycles. The zero-order valence-electron chi connectivity index (χ0n) is 13.7. The number of hydrogen-bond acceptors (Lipinski definition) is 3. The third-order valence-corrected chi connectivity index (χ3v) is 4.23. The van der Waals surface area contributed by atoms with Crippen LogP contribution in [0.5, 0.6) is 0 Å². The number of allylic oxidation sites excluding steroid dienone is 2. The lowest BCUT2D eigenvalue weighted by Gasteiger charge is -2.06. The maximum absolute atomic E-state index is 12.9. The van der Waals surface area contributed by atoms with Crippen molar-refractivity contribution >= 4 is 29.3 Å². The van der Waals surface area contributed by atoms with Crippen molar-refractivity contribution < 1.29 is 4.79 Å². The van der Waals surface area contributed by atoms with Gasteiger partial charge in [0.05, 0.1) is 0 Å². The molecule has 3 heteroatoms. The van der Waals surface area contributed by atoms with Gasteiger partial charge in [-0.3, -0.25) is 4.79 Å². The van der Waals surface area contributed by atoms with E-state index in [2.05, 4.69) is 0 Å². The Kier molecular flexibility index (Phi) is 4.80. The highest BCUT2D eigenvalue weighted by molar-refractivity contribution is 6.13. The molecule has 0 aromatic heterocycles. The standard InChI is InChI=1S/C21H22N2O/c22-19-9-3-5-15(13-19)11-17-7-1-2-8-18(21(17)24)12-16-6-4-10-20(23)14-16/h3-6,9-14H,1-2,7-8,22-23H2/b17-11+,18-12+. The summed E-state index contributed by atoms with van der Waals surface area (Å²) >= 11 is 0. The van der Waals surface area contributed by atoms with Crippen molar-refractivity contribution in [2.24, 2.45) is 0 Å². The molecule has 0 unspecified atom stereocenters. The SMILES string of the molecule is Nc1cccc(/C=C2\CCCC/C(=C\c3cccc(N)c3)C2=O)c1. The topological polar surface area (TPSA) is 69.1 Å². The number of nitrogen functional groups attached to an aromatic ring is 2. The fraction of sp³-hybridized carbons (Fsp3) is 0.190. The molecule has 0 atom stereocenters. The molecule has 2 aromatic rings. The minimum atomic E-state index is 0.136. The summed E-state index contributed by atoms with van der Waals surface area (Å²) in [4.78, 5) is 12.9. The van der Waals surface area contributed by atoms with Gasteiger partial charge in [0.1, 0.15) is 0 Å². The summed E-state index contributed by atoms with van der Waals surface area (Å²) in [6.07, 6.45) is 7.60. The van der Waals surface area contributed by atoms with Crippen LogP contribution < -0.4 is 11.5 Å². The summed E-state index contributed by atoms with van der Waals surface area (Å²) in [5, 5.41) is 0. The highest BCUT2D eigenvalue weighted by Crippen LogP contribution is 2.27. The number of ketones is 1. The molecule has 24 heavy (non-hydrogen) atoms. The molecule has 1 aliphatic carbocycles. The first-order valence-electron chi connectivity index (χ1n) is 8.29. The van der Waals surface area contributed by atoms with E-state index < -0.39 is 0 Å². The molecule has 4 N–H and O–H groups in total. The van der Waals surface area contributed by atoms with Crippen LogP contribution in [0.1, 0.15) is 36.8 Å². The fourth-order valence-electron chi connectivity index (χ4n) is 3.04. The number of carbonyl (C=O) groups is 1. The van der Waals surface area contributed by atoms with Crippen molar-refractivity contribution in [3.05, 3.63) is 70.8 Å². The second kappa shape index (κ2) is 7.18. The summed E-state index contributed by atoms with van der Waals surface area (Å²) in [7, 11) is 0. The van der Waals surface area contributed by atoms with E-state index in [1.807, 2.05) is 60.7 Å². The molecule has 3 rings (SSSR count). The summed E-state index contributed by atoms with van der Waals surface area (Å²) in [6, 6.07) is 15.3. The molecular weight excluding hydrogens is 296 g/mol. The molecule has 0 spiro atoms. The van der Waals surface area contributed by atoms with Gasteiger partial charge in [-0.05, 0) is 73.2 Å². The number of rotatable bonds is 2. The number of benzene rings is 2. The number of hydrogen-bond donors (Lipinski definition) is 2. The Morgan fingerprint density at radius 3 is 1.62 bits per heavy atom. The van der Waals surface area contributed by atoms with Crippen LogP contribution in [0.2, 0.25) is 0 Å². The first-order chi connectivity index (χ1) is 11.6. The molecule has 1 aliphatic rings. The van der Waals surface area contributed by atoms with Crippen molar-refractivity contribution in [1.29, 1.82) is 0 Å².